The third-order valence-corrected chi connectivity index (χ3v) is 6.54. The number of carbonyl (C=O) groups is 1. The van der Waals surface area contributed by atoms with Crippen molar-refractivity contribution in [2.24, 2.45) is 0 Å². The fourth-order valence-corrected chi connectivity index (χ4v) is 4.42. The molecule has 28 heavy (non-hydrogen) atoms. The van der Waals surface area contributed by atoms with E-state index < -0.39 is 15.9 Å². The van der Waals surface area contributed by atoms with Crippen molar-refractivity contribution in [2.75, 3.05) is 38.7 Å². The van der Waals surface area contributed by atoms with E-state index in [-0.39, 0.29) is 10.5 Å². The summed E-state index contributed by atoms with van der Waals surface area (Å²) < 4.78 is 37.6. The number of carbonyl (C=O) groups excluding carboxylic acids is 1. The van der Waals surface area contributed by atoms with E-state index in [1.807, 2.05) is 24.3 Å². The van der Waals surface area contributed by atoms with Crippen molar-refractivity contribution in [1.29, 1.82) is 0 Å². The molecule has 1 amide bonds. The van der Waals surface area contributed by atoms with E-state index in [0.29, 0.717) is 37.7 Å². The molecule has 1 saturated heterocycles. The van der Waals surface area contributed by atoms with Gasteiger partial charge in [0.1, 0.15) is 5.75 Å². The van der Waals surface area contributed by atoms with E-state index in [0.717, 1.165) is 12.0 Å². The number of anilines is 1. The van der Waals surface area contributed by atoms with Gasteiger partial charge in [0.05, 0.1) is 30.8 Å². The molecule has 0 spiro atoms. The first-order chi connectivity index (χ1) is 13.5. The molecule has 8 heteroatoms. The van der Waals surface area contributed by atoms with E-state index in [1.54, 1.807) is 0 Å². The lowest BCUT2D eigenvalue weighted by molar-refractivity contribution is 0.0730. The number of nitrogens with one attached hydrogen (secondary N) is 1. The highest BCUT2D eigenvalue weighted by atomic mass is 32.2. The summed E-state index contributed by atoms with van der Waals surface area (Å²) in [4.78, 5) is 12.8. The van der Waals surface area contributed by atoms with Gasteiger partial charge in [-0.15, -0.1) is 0 Å². The number of hydrogen-bond acceptors (Lipinski definition) is 5. The van der Waals surface area contributed by atoms with Crippen LogP contribution in [0, 0.1) is 0 Å². The van der Waals surface area contributed by atoms with Crippen molar-refractivity contribution in [3.8, 4) is 5.75 Å². The normalized spacial score (nSPS) is 15.2. The maximum Gasteiger partial charge on any atom is 0.259 e. The van der Waals surface area contributed by atoms with Gasteiger partial charge in [-0.1, -0.05) is 19.1 Å². The lowest BCUT2D eigenvalue weighted by Crippen LogP contribution is -2.40. The molecule has 1 aliphatic rings. The molecule has 1 aliphatic heterocycles. The second-order valence-corrected chi connectivity index (χ2v) is 8.32. The van der Waals surface area contributed by atoms with Crippen LogP contribution in [0.25, 0.3) is 0 Å². The van der Waals surface area contributed by atoms with Crippen molar-refractivity contribution in [2.45, 2.75) is 18.2 Å². The Morgan fingerprint density at radius 1 is 1.14 bits per heavy atom. The molecule has 2 aromatic carbocycles. The quantitative estimate of drug-likeness (QED) is 0.800. The van der Waals surface area contributed by atoms with Crippen LogP contribution in [-0.4, -0.2) is 52.0 Å². The zero-order valence-electron chi connectivity index (χ0n) is 16.0. The van der Waals surface area contributed by atoms with Crippen molar-refractivity contribution in [1.82, 2.24) is 4.31 Å². The predicted molar refractivity (Wildman–Crippen MR) is 106 cm³/mol. The van der Waals surface area contributed by atoms with Crippen LogP contribution in [0.2, 0.25) is 0 Å². The Labute approximate surface area is 165 Å². The van der Waals surface area contributed by atoms with Crippen LogP contribution >= 0.6 is 0 Å². The Bertz CT molecular complexity index is 936. The Morgan fingerprint density at radius 2 is 1.82 bits per heavy atom. The molecule has 0 atom stereocenters. The SMILES string of the molecule is CCc1ccc(NC(=O)c2cc(S(=O)(=O)N3CCOCC3)ccc2OC)cc1. The second-order valence-electron chi connectivity index (χ2n) is 6.38. The molecule has 150 valence electrons. The summed E-state index contributed by atoms with van der Waals surface area (Å²) in [5, 5.41) is 2.80. The van der Waals surface area contributed by atoms with Gasteiger partial charge in [0.25, 0.3) is 5.91 Å². The van der Waals surface area contributed by atoms with Gasteiger partial charge in [0.15, 0.2) is 0 Å². The van der Waals surface area contributed by atoms with Gasteiger partial charge in [0, 0.05) is 18.8 Å². The van der Waals surface area contributed by atoms with E-state index >= 15 is 0 Å². The average molecular weight is 404 g/mol. The first-order valence-electron chi connectivity index (χ1n) is 9.12. The first kappa shape index (κ1) is 20.3. The van der Waals surface area contributed by atoms with Crippen molar-refractivity contribution < 1.29 is 22.7 Å². The summed E-state index contributed by atoms with van der Waals surface area (Å²) in [5.41, 5.74) is 1.95. The summed E-state index contributed by atoms with van der Waals surface area (Å²) in [6.07, 6.45) is 0.906. The van der Waals surface area contributed by atoms with Crippen LogP contribution in [0.4, 0.5) is 5.69 Å². The van der Waals surface area contributed by atoms with E-state index in [2.05, 4.69) is 12.2 Å². The van der Waals surface area contributed by atoms with Gasteiger partial charge >= 0.3 is 0 Å². The summed E-state index contributed by atoms with van der Waals surface area (Å²) in [6.45, 7) is 3.35. The number of amides is 1. The molecule has 0 saturated carbocycles. The van der Waals surface area contributed by atoms with Gasteiger partial charge in [-0.3, -0.25) is 4.79 Å². The number of methoxy groups -OCH3 is 1. The predicted octanol–water partition coefficient (Wildman–Crippen LogP) is 2.53. The van der Waals surface area contributed by atoms with Crippen molar-refractivity contribution in [3.63, 3.8) is 0 Å². The second kappa shape index (κ2) is 8.72. The van der Waals surface area contributed by atoms with Crippen LogP contribution in [0.15, 0.2) is 47.4 Å². The standard InChI is InChI=1S/C20H24N2O5S/c1-3-15-4-6-16(7-5-15)21-20(23)18-14-17(8-9-19(18)26-2)28(24,25)22-10-12-27-13-11-22/h4-9,14H,3,10-13H2,1-2H3,(H,21,23). The highest BCUT2D eigenvalue weighted by molar-refractivity contribution is 7.89. The van der Waals surface area contributed by atoms with Crippen LogP contribution in [-0.2, 0) is 21.2 Å². The zero-order chi connectivity index (χ0) is 20.1. The molecular weight excluding hydrogens is 380 g/mol. The number of sulfonamides is 1. The average Bonchev–Trinajstić information content (AvgIpc) is 2.74. The summed E-state index contributed by atoms with van der Waals surface area (Å²) in [5.74, 6) is -0.122. The molecule has 2 aromatic rings. The fraction of sp³-hybridized carbons (Fsp3) is 0.350. The molecular formula is C20H24N2O5S. The van der Waals surface area contributed by atoms with Gasteiger partial charge in [-0.2, -0.15) is 4.31 Å². The van der Waals surface area contributed by atoms with Crippen molar-refractivity contribution in [3.05, 3.63) is 53.6 Å². The minimum atomic E-state index is -3.71. The summed E-state index contributed by atoms with van der Waals surface area (Å²) >= 11 is 0. The molecule has 0 unspecified atom stereocenters. The number of nitrogens with zero attached hydrogens (tertiary/aromatic N) is 1. The topological polar surface area (TPSA) is 84.9 Å². The number of rotatable bonds is 6. The Morgan fingerprint density at radius 3 is 2.43 bits per heavy atom. The monoisotopic (exact) mass is 404 g/mol. The molecule has 0 bridgehead atoms. The molecule has 0 radical (unpaired) electrons. The lowest BCUT2D eigenvalue weighted by Gasteiger charge is -2.26. The van der Waals surface area contributed by atoms with E-state index in [9.17, 15) is 13.2 Å². The van der Waals surface area contributed by atoms with Crippen LogP contribution < -0.4 is 10.1 Å². The Kier molecular flexibility index (Phi) is 6.33. The maximum atomic E-state index is 12.9. The summed E-state index contributed by atoms with van der Waals surface area (Å²) in [6, 6.07) is 11.8. The molecule has 0 aromatic heterocycles. The van der Waals surface area contributed by atoms with Gasteiger partial charge in [-0.05, 0) is 42.3 Å². The van der Waals surface area contributed by atoms with Crippen molar-refractivity contribution >= 4 is 21.6 Å². The molecule has 1 heterocycles. The van der Waals surface area contributed by atoms with Crippen LogP contribution in [0.1, 0.15) is 22.8 Å². The number of aryl methyl sites for hydroxylation is 1. The number of benzene rings is 2. The minimum absolute atomic E-state index is 0.0571. The fourth-order valence-electron chi connectivity index (χ4n) is 2.98. The third-order valence-electron chi connectivity index (χ3n) is 4.64. The highest BCUT2D eigenvalue weighted by Gasteiger charge is 2.28. The van der Waals surface area contributed by atoms with Crippen LogP contribution in [0.5, 0.6) is 5.75 Å². The highest BCUT2D eigenvalue weighted by Crippen LogP contribution is 2.26. The largest absolute Gasteiger partial charge is 0.496 e. The molecule has 3 rings (SSSR count). The Balaban J connectivity index is 1.88. The van der Waals surface area contributed by atoms with E-state index in [1.165, 1.54) is 29.6 Å². The van der Waals surface area contributed by atoms with Gasteiger partial charge < -0.3 is 14.8 Å². The van der Waals surface area contributed by atoms with E-state index in [4.69, 9.17) is 9.47 Å². The third kappa shape index (κ3) is 4.35. The maximum absolute atomic E-state index is 12.9. The number of hydrogen-bond donors (Lipinski definition) is 1. The van der Waals surface area contributed by atoms with Gasteiger partial charge in [0.2, 0.25) is 10.0 Å². The smallest absolute Gasteiger partial charge is 0.259 e. The van der Waals surface area contributed by atoms with Gasteiger partial charge in [-0.25, -0.2) is 8.42 Å². The molecule has 7 nitrogen and oxygen atoms in total. The summed E-state index contributed by atoms with van der Waals surface area (Å²) in [7, 11) is -2.26. The zero-order valence-corrected chi connectivity index (χ0v) is 16.8. The lowest BCUT2D eigenvalue weighted by atomic mass is 10.1. The number of morpholine rings is 1. The molecule has 0 aliphatic carbocycles. The van der Waals surface area contributed by atoms with Crippen LogP contribution in [0.3, 0.4) is 0 Å². The first-order valence-corrected chi connectivity index (χ1v) is 10.6. The minimum Gasteiger partial charge on any atom is -0.496 e. The number of ether oxygens (including phenoxy) is 2. The Hall–Kier alpha value is -2.42. The molecule has 1 fully saturated rings. The molecule has 1 N–H and O–H groups in total.